The minimum Gasteiger partial charge on any atom is -0.444 e. The van der Waals surface area contributed by atoms with Crippen LogP contribution in [-0.4, -0.2) is 56.6 Å². The Morgan fingerprint density at radius 2 is 1.78 bits per heavy atom. The minimum atomic E-state index is -3.27. The average molecular weight is 522 g/mol. The zero-order valence-corrected chi connectivity index (χ0v) is 22.5. The van der Waals surface area contributed by atoms with Crippen molar-refractivity contribution < 1.29 is 27.8 Å². The number of carbonyl (C=O) groups is 1. The van der Waals surface area contributed by atoms with E-state index in [1.54, 1.807) is 23.7 Å². The van der Waals surface area contributed by atoms with Crippen molar-refractivity contribution in [3.63, 3.8) is 0 Å². The third-order valence-corrected chi connectivity index (χ3v) is 6.52. The van der Waals surface area contributed by atoms with Gasteiger partial charge in [0, 0.05) is 26.1 Å². The number of nitrogens with zero attached hydrogens (tertiary/aromatic N) is 4. The van der Waals surface area contributed by atoms with Crippen LogP contribution in [0.3, 0.4) is 0 Å². The lowest BCUT2D eigenvalue weighted by molar-refractivity contribution is -0.159. The quantitative estimate of drug-likeness (QED) is 0.477. The van der Waals surface area contributed by atoms with Crippen molar-refractivity contribution >= 4 is 12.0 Å². The summed E-state index contributed by atoms with van der Waals surface area (Å²) in [4.78, 5) is 19.0. The molecule has 2 fully saturated rings. The number of hydrogen-bond donors (Lipinski definition) is 1. The van der Waals surface area contributed by atoms with Gasteiger partial charge in [-0.3, -0.25) is 0 Å². The van der Waals surface area contributed by atoms with Crippen LogP contribution in [0.4, 0.5) is 19.5 Å². The smallest absolute Gasteiger partial charge is 0.410 e. The summed E-state index contributed by atoms with van der Waals surface area (Å²) in [7, 11) is 0. The summed E-state index contributed by atoms with van der Waals surface area (Å²) in [6, 6.07) is 5.06. The van der Waals surface area contributed by atoms with E-state index in [2.05, 4.69) is 15.4 Å². The number of halogens is 2. The van der Waals surface area contributed by atoms with Gasteiger partial charge in [0.05, 0.1) is 6.04 Å². The third kappa shape index (κ3) is 6.61. The van der Waals surface area contributed by atoms with Gasteiger partial charge in [-0.05, 0) is 90.0 Å². The molecule has 204 valence electrons. The zero-order chi connectivity index (χ0) is 27.1. The normalized spacial score (nSPS) is 21.8. The summed E-state index contributed by atoms with van der Waals surface area (Å²) in [5, 5.41) is 8.12. The van der Waals surface area contributed by atoms with Crippen molar-refractivity contribution in [2.24, 2.45) is 11.8 Å². The lowest BCUT2D eigenvalue weighted by Crippen LogP contribution is -2.51. The van der Waals surface area contributed by atoms with E-state index in [1.165, 1.54) is 6.07 Å². The summed E-state index contributed by atoms with van der Waals surface area (Å²) >= 11 is 0. The molecule has 1 N–H and O–H groups in total. The monoisotopic (exact) mass is 521 g/mol. The first-order valence-corrected chi connectivity index (χ1v) is 12.7. The first-order valence-electron chi connectivity index (χ1n) is 12.7. The number of hydrogen-bond acceptors (Lipinski definition) is 7. The zero-order valence-electron chi connectivity index (χ0n) is 22.5. The Balaban J connectivity index is 1.46. The molecule has 2 aromatic rings. The lowest BCUT2D eigenvalue weighted by atomic mass is 9.92. The second-order valence-electron chi connectivity index (χ2n) is 11.3. The highest BCUT2D eigenvalue weighted by Gasteiger charge is 2.44. The topological polar surface area (TPSA) is 90.7 Å². The molecule has 2 heterocycles. The molecule has 0 spiro atoms. The number of amides is 1. The molecule has 1 unspecified atom stereocenters. The third-order valence-electron chi connectivity index (χ3n) is 6.52. The van der Waals surface area contributed by atoms with E-state index >= 15 is 0 Å². The SMILES string of the molecule is Cc1cc(Oc2nc(NC3[C@@H]4CC[C@H]3CN(C(=O)OC(C)(C)C)C4)nn2C(C)C)ccc1OC(C)(F)F. The molecule has 11 heteroatoms. The van der Waals surface area contributed by atoms with Crippen LogP contribution in [0.1, 0.15) is 66.0 Å². The number of benzene rings is 1. The molecule has 2 bridgehead atoms. The van der Waals surface area contributed by atoms with Gasteiger partial charge in [0.15, 0.2) is 0 Å². The predicted molar refractivity (Wildman–Crippen MR) is 134 cm³/mol. The number of carbonyl (C=O) groups excluding carboxylic acids is 1. The van der Waals surface area contributed by atoms with Crippen LogP contribution in [-0.2, 0) is 4.74 Å². The summed E-state index contributed by atoms with van der Waals surface area (Å²) in [5.41, 5.74) is -0.0105. The molecule has 2 aliphatic rings. The van der Waals surface area contributed by atoms with Gasteiger partial charge in [-0.1, -0.05) is 0 Å². The van der Waals surface area contributed by atoms with Crippen LogP contribution in [0.15, 0.2) is 18.2 Å². The molecule has 1 aliphatic carbocycles. The molecule has 1 aromatic carbocycles. The van der Waals surface area contributed by atoms with Crippen molar-refractivity contribution in [1.82, 2.24) is 19.7 Å². The largest absolute Gasteiger partial charge is 0.444 e. The van der Waals surface area contributed by atoms with Gasteiger partial charge in [0.25, 0.3) is 0 Å². The van der Waals surface area contributed by atoms with Crippen molar-refractivity contribution in [2.45, 2.75) is 85.1 Å². The molecular weight excluding hydrogens is 484 g/mol. The molecule has 4 rings (SSSR count). The molecule has 1 amide bonds. The van der Waals surface area contributed by atoms with Gasteiger partial charge >= 0.3 is 18.2 Å². The summed E-state index contributed by atoms with van der Waals surface area (Å²) in [6.07, 6.45) is -1.51. The second-order valence-corrected chi connectivity index (χ2v) is 11.3. The number of nitrogens with one attached hydrogen (secondary N) is 1. The molecule has 3 atom stereocenters. The standard InChI is InChI=1S/C26H37F2N5O4/c1-15(2)33-23(35-19-10-11-20(16(3)12-19)36-26(7,27)28)30-22(31-33)29-21-17-8-9-18(21)14-32(13-17)24(34)37-25(4,5)6/h10-12,15,17-18,21H,8-9,13-14H2,1-7H3,(H,29,31)/t17-,18+,21?. The maximum absolute atomic E-state index is 13.3. The van der Waals surface area contributed by atoms with Crippen molar-refractivity contribution in [2.75, 3.05) is 18.4 Å². The molecule has 1 aromatic heterocycles. The number of fused-ring (bicyclic) bond motifs is 2. The Bertz CT molecular complexity index is 1110. The van der Waals surface area contributed by atoms with Gasteiger partial charge in [0.1, 0.15) is 17.1 Å². The first kappa shape index (κ1) is 26.9. The van der Waals surface area contributed by atoms with E-state index in [0.29, 0.717) is 43.3 Å². The first-order chi connectivity index (χ1) is 17.2. The van der Waals surface area contributed by atoms with E-state index in [-0.39, 0.29) is 35.8 Å². The Morgan fingerprint density at radius 1 is 1.14 bits per heavy atom. The Hall–Kier alpha value is -3.11. The fraction of sp³-hybridized carbons (Fsp3) is 0.654. The maximum Gasteiger partial charge on any atom is 0.410 e. The number of rotatable bonds is 7. The highest BCUT2D eigenvalue weighted by Crippen LogP contribution is 2.39. The number of alkyl halides is 2. The Morgan fingerprint density at radius 3 is 2.32 bits per heavy atom. The Kier molecular flexibility index (Phi) is 7.27. The molecule has 0 radical (unpaired) electrons. The molecule has 1 saturated carbocycles. The van der Waals surface area contributed by atoms with E-state index < -0.39 is 11.7 Å². The van der Waals surface area contributed by atoms with E-state index in [1.807, 2.05) is 39.5 Å². The second kappa shape index (κ2) is 9.98. The predicted octanol–water partition coefficient (Wildman–Crippen LogP) is 6.01. The van der Waals surface area contributed by atoms with Gasteiger partial charge in [-0.2, -0.15) is 13.8 Å². The molecule has 1 aliphatic heterocycles. The average Bonchev–Trinajstić information content (AvgIpc) is 3.24. The summed E-state index contributed by atoms with van der Waals surface area (Å²) in [5.74, 6) is 1.53. The van der Waals surface area contributed by atoms with E-state index in [0.717, 1.165) is 12.8 Å². The van der Waals surface area contributed by atoms with Crippen LogP contribution >= 0.6 is 0 Å². The summed E-state index contributed by atoms with van der Waals surface area (Å²) < 4.78 is 44.5. The maximum atomic E-state index is 13.3. The molecule has 37 heavy (non-hydrogen) atoms. The fourth-order valence-electron chi connectivity index (χ4n) is 4.96. The Labute approximate surface area is 216 Å². The number of ether oxygens (including phenoxy) is 3. The molecular formula is C26H37F2N5O4. The number of piperidine rings is 1. The lowest BCUT2D eigenvalue weighted by Gasteiger charge is -2.38. The number of anilines is 1. The fourth-order valence-corrected chi connectivity index (χ4v) is 4.96. The highest BCUT2D eigenvalue weighted by atomic mass is 19.3. The van der Waals surface area contributed by atoms with Crippen molar-refractivity contribution in [1.29, 1.82) is 0 Å². The van der Waals surface area contributed by atoms with Crippen LogP contribution in [0, 0.1) is 18.8 Å². The number of aryl methyl sites for hydroxylation is 1. The van der Waals surface area contributed by atoms with Gasteiger partial charge in [-0.15, -0.1) is 5.10 Å². The number of aromatic nitrogens is 3. The number of likely N-dealkylation sites (tertiary alicyclic amines) is 1. The van der Waals surface area contributed by atoms with E-state index in [9.17, 15) is 13.6 Å². The van der Waals surface area contributed by atoms with Crippen LogP contribution in [0.5, 0.6) is 17.5 Å². The van der Waals surface area contributed by atoms with Crippen molar-refractivity contribution in [3.8, 4) is 17.5 Å². The minimum absolute atomic E-state index is 0.0220. The molecule has 1 saturated heterocycles. The van der Waals surface area contributed by atoms with Crippen molar-refractivity contribution in [3.05, 3.63) is 23.8 Å². The van der Waals surface area contributed by atoms with Crippen LogP contribution in [0.2, 0.25) is 0 Å². The van der Waals surface area contributed by atoms with Crippen LogP contribution < -0.4 is 14.8 Å². The van der Waals surface area contributed by atoms with Gasteiger partial charge in [0.2, 0.25) is 5.95 Å². The van der Waals surface area contributed by atoms with E-state index in [4.69, 9.17) is 14.2 Å². The molecule has 9 nitrogen and oxygen atoms in total. The van der Waals surface area contributed by atoms with Gasteiger partial charge in [-0.25, -0.2) is 9.48 Å². The van der Waals surface area contributed by atoms with Crippen LogP contribution in [0.25, 0.3) is 0 Å². The van der Waals surface area contributed by atoms with Gasteiger partial charge < -0.3 is 24.4 Å². The summed E-state index contributed by atoms with van der Waals surface area (Å²) in [6.45, 7) is 13.2. The highest BCUT2D eigenvalue weighted by molar-refractivity contribution is 5.68.